The van der Waals surface area contributed by atoms with Gasteiger partial charge in [-0.25, -0.2) is 9.97 Å². The van der Waals surface area contributed by atoms with E-state index in [9.17, 15) is 0 Å². The standard InChI is InChI=1S/C14H18BrN5/c1-9(2)8-20-13(10-3-4-10)12(7-18-20)19-14-16-5-11(15)6-17-14/h5-7,9-10H,3-4,8H2,1-2H3,(H,16,17,19). The maximum atomic E-state index is 4.52. The molecule has 2 aromatic heterocycles. The van der Waals surface area contributed by atoms with Gasteiger partial charge >= 0.3 is 0 Å². The summed E-state index contributed by atoms with van der Waals surface area (Å²) in [7, 11) is 0. The summed E-state index contributed by atoms with van der Waals surface area (Å²) in [5.74, 6) is 1.83. The minimum atomic E-state index is 0.587. The van der Waals surface area contributed by atoms with Gasteiger partial charge in [0.25, 0.3) is 0 Å². The highest BCUT2D eigenvalue weighted by Crippen LogP contribution is 2.44. The van der Waals surface area contributed by atoms with E-state index in [1.165, 1.54) is 18.5 Å². The summed E-state index contributed by atoms with van der Waals surface area (Å²) in [5.41, 5.74) is 2.33. The molecule has 0 unspecified atom stereocenters. The molecular formula is C14H18BrN5. The molecule has 6 heteroatoms. The predicted molar refractivity (Wildman–Crippen MR) is 82.1 cm³/mol. The van der Waals surface area contributed by atoms with E-state index in [1.807, 2.05) is 6.20 Å². The second kappa shape index (κ2) is 5.52. The summed E-state index contributed by atoms with van der Waals surface area (Å²) in [6.45, 7) is 5.38. The number of hydrogen-bond donors (Lipinski definition) is 1. The van der Waals surface area contributed by atoms with E-state index in [4.69, 9.17) is 0 Å². The Bertz CT molecular complexity index is 586. The Morgan fingerprint density at radius 1 is 1.30 bits per heavy atom. The Morgan fingerprint density at radius 3 is 2.60 bits per heavy atom. The van der Waals surface area contributed by atoms with Crippen molar-refractivity contribution in [2.45, 2.75) is 39.2 Å². The van der Waals surface area contributed by atoms with Gasteiger partial charge in [0.1, 0.15) is 0 Å². The first-order valence-electron chi connectivity index (χ1n) is 6.93. The molecule has 3 rings (SSSR count). The molecule has 0 bridgehead atoms. The van der Waals surface area contributed by atoms with E-state index < -0.39 is 0 Å². The van der Waals surface area contributed by atoms with Crippen LogP contribution in [0.1, 0.15) is 38.3 Å². The van der Waals surface area contributed by atoms with Crippen LogP contribution in [0.4, 0.5) is 11.6 Å². The minimum absolute atomic E-state index is 0.587. The average molecular weight is 336 g/mol. The molecule has 0 saturated heterocycles. The van der Waals surface area contributed by atoms with E-state index in [0.717, 1.165) is 16.7 Å². The van der Waals surface area contributed by atoms with Gasteiger partial charge in [-0.05, 0) is 34.7 Å². The van der Waals surface area contributed by atoms with Crippen LogP contribution in [0.5, 0.6) is 0 Å². The molecule has 0 aliphatic heterocycles. The zero-order valence-electron chi connectivity index (χ0n) is 11.7. The molecule has 1 fully saturated rings. The van der Waals surface area contributed by atoms with Crippen LogP contribution < -0.4 is 5.32 Å². The van der Waals surface area contributed by atoms with E-state index in [0.29, 0.717) is 17.8 Å². The second-order valence-electron chi connectivity index (χ2n) is 5.64. The quantitative estimate of drug-likeness (QED) is 0.904. The molecule has 1 saturated carbocycles. The molecule has 0 atom stereocenters. The average Bonchev–Trinajstić information content (AvgIpc) is 3.16. The van der Waals surface area contributed by atoms with Gasteiger partial charge in [0.2, 0.25) is 5.95 Å². The van der Waals surface area contributed by atoms with Crippen molar-refractivity contribution in [2.75, 3.05) is 5.32 Å². The van der Waals surface area contributed by atoms with Gasteiger partial charge in [0.05, 0.1) is 22.1 Å². The largest absolute Gasteiger partial charge is 0.321 e. The summed E-state index contributed by atoms with van der Waals surface area (Å²) in [6.07, 6.45) is 7.87. The van der Waals surface area contributed by atoms with Gasteiger partial charge in [-0.3, -0.25) is 4.68 Å². The monoisotopic (exact) mass is 335 g/mol. The molecule has 5 nitrogen and oxygen atoms in total. The Morgan fingerprint density at radius 2 is 2.00 bits per heavy atom. The number of halogens is 1. The molecule has 0 aromatic carbocycles. The van der Waals surface area contributed by atoms with Gasteiger partial charge in [-0.15, -0.1) is 0 Å². The first-order chi connectivity index (χ1) is 9.63. The Labute approximate surface area is 127 Å². The third-order valence-corrected chi connectivity index (χ3v) is 3.66. The fourth-order valence-corrected chi connectivity index (χ4v) is 2.47. The maximum Gasteiger partial charge on any atom is 0.227 e. The molecule has 106 valence electrons. The molecule has 0 amide bonds. The van der Waals surface area contributed by atoms with Crippen LogP contribution >= 0.6 is 15.9 Å². The number of rotatable bonds is 5. The van der Waals surface area contributed by atoms with Gasteiger partial charge in [0.15, 0.2) is 0 Å². The molecular weight excluding hydrogens is 318 g/mol. The molecule has 0 radical (unpaired) electrons. The van der Waals surface area contributed by atoms with Crippen LogP contribution in [0.3, 0.4) is 0 Å². The van der Waals surface area contributed by atoms with Crippen molar-refractivity contribution >= 4 is 27.6 Å². The van der Waals surface area contributed by atoms with Crippen molar-refractivity contribution in [1.29, 1.82) is 0 Å². The van der Waals surface area contributed by atoms with Crippen molar-refractivity contribution < 1.29 is 0 Å². The third-order valence-electron chi connectivity index (χ3n) is 3.25. The van der Waals surface area contributed by atoms with Crippen molar-refractivity contribution in [1.82, 2.24) is 19.7 Å². The highest BCUT2D eigenvalue weighted by Gasteiger charge is 2.30. The molecule has 2 heterocycles. The minimum Gasteiger partial charge on any atom is -0.321 e. The lowest BCUT2D eigenvalue weighted by atomic mass is 10.2. The van der Waals surface area contributed by atoms with Crippen LogP contribution in [-0.4, -0.2) is 19.7 Å². The van der Waals surface area contributed by atoms with Crippen LogP contribution in [0.2, 0.25) is 0 Å². The number of hydrogen-bond acceptors (Lipinski definition) is 4. The van der Waals surface area contributed by atoms with E-state index >= 15 is 0 Å². The van der Waals surface area contributed by atoms with Gasteiger partial charge in [-0.1, -0.05) is 13.8 Å². The van der Waals surface area contributed by atoms with E-state index in [2.05, 4.69) is 54.8 Å². The third kappa shape index (κ3) is 3.00. The number of nitrogens with zero attached hydrogens (tertiary/aromatic N) is 4. The number of nitrogens with one attached hydrogen (secondary N) is 1. The summed E-state index contributed by atoms with van der Waals surface area (Å²) in [4.78, 5) is 8.52. The predicted octanol–water partition coefficient (Wildman–Crippen LogP) is 3.71. The topological polar surface area (TPSA) is 55.6 Å². The lowest BCUT2D eigenvalue weighted by Gasteiger charge is -2.11. The normalized spacial score (nSPS) is 14.8. The summed E-state index contributed by atoms with van der Waals surface area (Å²) < 4.78 is 3.00. The number of aromatic nitrogens is 4. The summed E-state index contributed by atoms with van der Waals surface area (Å²) in [6, 6.07) is 0. The van der Waals surface area contributed by atoms with Crippen molar-refractivity contribution in [3.8, 4) is 0 Å². The highest BCUT2D eigenvalue weighted by molar-refractivity contribution is 9.10. The van der Waals surface area contributed by atoms with Gasteiger partial charge < -0.3 is 5.32 Å². The zero-order chi connectivity index (χ0) is 14.1. The highest BCUT2D eigenvalue weighted by atomic mass is 79.9. The van der Waals surface area contributed by atoms with Crippen molar-refractivity contribution in [3.05, 3.63) is 28.8 Å². The fourth-order valence-electron chi connectivity index (χ4n) is 2.27. The maximum absolute atomic E-state index is 4.52. The van der Waals surface area contributed by atoms with Crippen LogP contribution in [0.15, 0.2) is 23.1 Å². The van der Waals surface area contributed by atoms with Crippen LogP contribution in [0.25, 0.3) is 0 Å². The smallest absolute Gasteiger partial charge is 0.227 e. The molecule has 2 aromatic rings. The molecule has 20 heavy (non-hydrogen) atoms. The molecule has 1 aliphatic rings. The zero-order valence-corrected chi connectivity index (χ0v) is 13.3. The Balaban J connectivity index is 1.85. The number of anilines is 2. The SMILES string of the molecule is CC(C)Cn1ncc(Nc2ncc(Br)cn2)c1C1CC1. The summed E-state index contributed by atoms with van der Waals surface area (Å²) >= 11 is 3.34. The van der Waals surface area contributed by atoms with Crippen LogP contribution in [0, 0.1) is 5.92 Å². The first kappa shape index (κ1) is 13.5. The molecule has 0 spiro atoms. The lowest BCUT2D eigenvalue weighted by molar-refractivity contribution is 0.469. The molecule has 1 aliphatic carbocycles. The fraction of sp³-hybridized carbons (Fsp3) is 0.500. The Hall–Kier alpha value is -1.43. The van der Waals surface area contributed by atoms with Crippen molar-refractivity contribution in [2.24, 2.45) is 5.92 Å². The Kier molecular flexibility index (Phi) is 3.74. The molecule has 1 N–H and O–H groups in total. The van der Waals surface area contributed by atoms with Gasteiger partial charge in [0, 0.05) is 24.9 Å². The van der Waals surface area contributed by atoms with Crippen LogP contribution in [-0.2, 0) is 6.54 Å². The summed E-state index contributed by atoms with van der Waals surface area (Å²) in [5, 5.41) is 7.81. The lowest BCUT2D eigenvalue weighted by Crippen LogP contribution is -2.10. The van der Waals surface area contributed by atoms with Crippen molar-refractivity contribution in [3.63, 3.8) is 0 Å². The van der Waals surface area contributed by atoms with E-state index in [1.54, 1.807) is 12.4 Å². The first-order valence-corrected chi connectivity index (χ1v) is 7.73. The second-order valence-corrected chi connectivity index (χ2v) is 6.56. The van der Waals surface area contributed by atoms with Gasteiger partial charge in [-0.2, -0.15) is 5.10 Å². The van der Waals surface area contributed by atoms with E-state index in [-0.39, 0.29) is 0 Å².